The fraction of sp³-hybridized carbons (Fsp3) is 0.647. The normalized spacial score (nSPS) is 19.2. The molecule has 0 amide bonds. The van der Waals surface area contributed by atoms with Gasteiger partial charge in [0.15, 0.2) is 0 Å². The Bertz CT molecular complexity index is 419. The molecule has 118 valence electrons. The van der Waals surface area contributed by atoms with Gasteiger partial charge in [-0.2, -0.15) is 0 Å². The quantitative estimate of drug-likeness (QED) is 0.598. The fourth-order valence-electron chi connectivity index (χ4n) is 3.45. The van der Waals surface area contributed by atoms with E-state index in [9.17, 15) is 0 Å². The molecule has 2 rings (SSSR count). The van der Waals surface area contributed by atoms with E-state index in [0.29, 0.717) is 12.5 Å². The first kappa shape index (κ1) is 16.3. The van der Waals surface area contributed by atoms with Crippen molar-refractivity contribution in [1.29, 1.82) is 0 Å². The van der Waals surface area contributed by atoms with Crippen LogP contribution in [0.4, 0.5) is 0 Å². The molecule has 0 bridgehead atoms. The number of rotatable bonds is 7. The summed E-state index contributed by atoms with van der Waals surface area (Å²) >= 11 is 0. The van der Waals surface area contributed by atoms with Crippen LogP contribution >= 0.6 is 0 Å². The molecule has 2 unspecified atom stereocenters. The standard InChI is InChI=1S/C17H28N2O2/c1-3-21-15-12-8-7-11-14(15)16(19-18)17(20-2)13-9-5-4-6-10-13/h7-8,11-13,16-17,19H,3-6,9-10,18H2,1-2H3. The maximum Gasteiger partial charge on any atom is 0.124 e. The molecule has 1 aliphatic rings. The lowest BCUT2D eigenvalue weighted by molar-refractivity contribution is 0.00685. The Balaban J connectivity index is 2.23. The van der Waals surface area contributed by atoms with Gasteiger partial charge in [0.25, 0.3) is 0 Å². The summed E-state index contributed by atoms with van der Waals surface area (Å²) in [7, 11) is 1.78. The summed E-state index contributed by atoms with van der Waals surface area (Å²) in [4.78, 5) is 0. The van der Waals surface area contributed by atoms with Crippen molar-refractivity contribution < 1.29 is 9.47 Å². The van der Waals surface area contributed by atoms with Gasteiger partial charge in [-0.15, -0.1) is 0 Å². The van der Waals surface area contributed by atoms with Crippen molar-refractivity contribution in [3.8, 4) is 5.75 Å². The first-order chi connectivity index (χ1) is 10.3. The van der Waals surface area contributed by atoms with E-state index in [1.54, 1.807) is 7.11 Å². The highest BCUT2D eigenvalue weighted by Crippen LogP contribution is 2.36. The van der Waals surface area contributed by atoms with Gasteiger partial charge in [0.05, 0.1) is 18.8 Å². The topological polar surface area (TPSA) is 56.5 Å². The van der Waals surface area contributed by atoms with Crippen molar-refractivity contribution in [2.24, 2.45) is 11.8 Å². The molecule has 0 aromatic heterocycles. The van der Waals surface area contributed by atoms with Gasteiger partial charge in [-0.05, 0) is 31.7 Å². The Morgan fingerprint density at radius 2 is 1.95 bits per heavy atom. The van der Waals surface area contributed by atoms with E-state index < -0.39 is 0 Å². The van der Waals surface area contributed by atoms with Crippen molar-refractivity contribution in [3.05, 3.63) is 29.8 Å². The summed E-state index contributed by atoms with van der Waals surface area (Å²) in [6.07, 6.45) is 6.42. The van der Waals surface area contributed by atoms with E-state index in [-0.39, 0.29) is 12.1 Å². The lowest BCUT2D eigenvalue weighted by Gasteiger charge is -2.35. The van der Waals surface area contributed by atoms with Crippen molar-refractivity contribution in [2.45, 2.75) is 51.2 Å². The van der Waals surface area contributed by atoms with Gasteiger partial charge in [0, 0.05) is 12.7 Å². The number of hydrazine groups is 1. The number of benzene rings is 1. The number of para-hydroxylation sites is 1. The molecule has 0 heterocycles. The molecule has 1 aliphatic carbocycles. The highest BCUT2D eigenvalue weighted by Gasteiger charge is 2.32. The SMILES string of the molecule is CCOc1ccccc1C(NN)C(OC)C1CCCCC1. The number of nitrogens with two attached hydrogens (primary N) is 1. The molecular formula is C17H28N2O2. The van der Waals surface area contributed by atoms with E-state index in [2.05, 4.69) is 11.5 Å². The minimum atomic E-state index is -0.0409. The van der Waals surface area contributed by atoms with Crippen molar-refractivity contribution in [3.63, 3.8) is 0 Å². The predicted octanol–water partition coefficient (Wildman–Crippen LogP) is 3.19. The van der Waals surface area contributed by atoms with Gasteiger partial charge < -0.3 is 9.47 Å². The molecule has 4 nitrogen and oxygen atoms in total. The van der Waals surface area contributed by atoms with Crippen molar-refractivity contribution >= 4 is 0 Å². The smallest absolute Gasteiger partial charge is 0.124 e. The van der Waals surface area contributed by atoms with Crippen LogP contribution < -0.4 is 16.0 Å². The molecule has 0 aliphatic heterocycles. The summed E-state index contributed by atoms with van der Waals surface area (Å²) in [5, 5.41) is 0. The lowest BCUT2D eigenvalue weighted by atomic mass is 9.81. The summed E-state index contributed by atoms with van der Waals surface area (Å²) in [5.74, 6) is 7.31. The monoisotopic (exact) mass is 292 g/mol. The number of methoxy groups -OCH3 is 1. The molecule has 1 aromatic carbocycles. The summed E-state index contributed by atoms with van der Waals surface area (Å²) < 4.78 is 11.6. The average molecular weight is 292 g/mol. The second-order valence-electron chi connectivity index (χ2n) is 5.71. The van der Waals surface area contributed by atoms with Crippen LogP contribution in [-0.2, 0) is 4.74 Å². The van der Waals surface area contributed by atoms with Gasteiger partial charge >= 0.3 is 0 Å². The van der Waals surface area contributed by atoms with Crippen LogP contribution in [0, 0.1) is 5.92 Å². The zero-order valence-electron chi connectivity index (χ0n) is 13.2. The Kier molecular flexibility index (Phi) is 6.49. The second-order valence-corrected chi connectivity index (χ2v) is 5.71. The Morgan fingerprint density at radius 3 is 2.57 bits per heavy atom. The number of hydrogen-bond acceptors (Lipinski definition) is 4. The molecule has 1 fully saturated rings. The highest BCUT2D eigenvalue weighted by atomic mass is 16.5. The minimum Gasteiger partial charge on any atom is -0.494 e. The largest absolute Gasteiger partial charge is 0.494 e. The molecule has 21 heavy (non-hydrogen) atoms. The van der Waals surface area contributed by atoms with Crippen molar-refractivity contribution in [2.75, 3.05) is 13.7 Å². The number of ether oxygens (including phenoxy) is 2. The lowest BCUT2D eigenvalue weighted by Crippen LogP contribution is -2.42. The van der Waals surface area contributed by atoms with E-state index >= 15 is 0 Å². The maximum absolute atomic E-state index is 5.87. The van der Waals surface area contributed by atoms with Crippen LogP contribution in [0.1, 0.15) is 50.6 Å². The molecule has 4 heteroatoms. The predicted molar refractivity (Wildman–Crippen MR) is 85.0 cm³/mol. The van der Waals surface area contributed by atoms with Gasteiger partial charge in [-0.25, -0.2) is 0 Å². The van der Waals surface area contributed by atoms with Crippen LogP contribution in [0.3, 0.4) is 0 Å². The molecular weight excluding hydrogens is 264 g/mol. The van der Waals surface area contributed by atoms with Crippen LogP contribution in [-0.4, -0.2) is 19.8 Å². The van der Waals surface area contributed by atoms with Gasteiger partial charge in [0.2, 0.25) is 0 Å². The molecule has 0 saturated heterocycles. The van der Waals surface area contributed by atoms with E-state index in [1.165, 1.54) is 32.1 Å². The Labute approximate surface area is 128 Å². The highest BCUT2D eigenvalue weighted by molar-refractivity contribution is 5.36. The first-order valence-electron chi connectivity index (χ1n) is 8.02. The second kappa shape index (κ2) is 8.37. The zero-order chi connectivity index (χ0) is 15.1. The maximum atomic E-state index is 5.87. The molecule has 1 aromatic rings. The Morgan fingerprint density at radius 1 is 1.24 bits per heavy atom. The van der Waals surface area contributed by atoms with E-state index in [1.807, 2.05) is 25.1 Å². The van der Waals surface area contributed by atoms with Crippen LogP contribution in [0.5, 0.6) is 5.75 Å². The zero-order valence-corrected chi connectivity index (χ0v) is 13.2. The summed E-state index contributed by atoms with van der Waals surface area (Å²) in [6, 6.07) is 8.04. The van der Waals surface area contributed by atoms with Crippen molar-refractivity contribution in [1.82, 2.24) is 5.43 Å². The molecule has 2 atom stereocenters. The van der Waals surface area contributed by atoms with Crippen LogP contribution in [0.15, 0.2) is 24.3 Å². The van der Waals surface area contributed by atoms with Crippen LogP contribution in [0.25, 0.3) is 0 Å². The molecule has 3 N–H and O–H groups in total. The first-order valence-corrected chi connectivity index (χ1v) is 8.02. The van der Waals surface area contributed by atoms with Crippen LogP contribution in [0.2, 0.25) is 0 Å². The summed E-state index contributed by atoms with van der Waals surface area (Å²) in [5.41, 5.74) is 4.04. The number of nitrogens with one attached hydrogen (secondary N) is 1. The third-order valence-electron chi connectivity index (χ3n) is 4.45. The third-order valence-corrected chi connectivity index (χ3v) is 4.45. The molecule has 0 radical (unpaired) electrons. The van der Waals surface area contributed by atoms with Gasteiger partial charge in [-0.3, -0.25) is 11.3 Å². The van der Waals surface area contributed by atoms with Gasteiger partial charge in [-0.1, -0.05) is 37.5 Å². The van der Waals surface area contributed by atoms with E-state index in [4.69, 9.17) is 15.3 Å². The van der Waals surface area contributed by atoms with Gasteiger partial charge in [0.1, 0.15) is 5.75 Å². The Hall–Kier alpha value is -1.10. The summed E-state index contributed by atoms with van der Waals surface area (Å²) in [6.45, 7) is 2.64. The number of hydrogen-bond donors (Lipinski definition) is 2. The fourth-order valence-corrected chi connectivity index (χ4v) is 3.45. The third kappa shape index (κ3) is 3.96. The molecule has 0 spiro atoms. The molecule has 1 saturated carbocycles. The minimum absolute atomic E-state index is 0.0409. The van der Waals surface area contributed by atoms with E-state index in [0.717, 1.165) is 11.3 Å². The average Bonchev–Trinajstić information content (AvgIpc) is 2.54.